The predicted molar refractivity (Wildman–Crippen MR) is 97.1 cm³/mol. The van der Waals surface area contributed by atoms with Gasteiger partial charge < -0.3 is 18.8 Å². The number of ether oxygens (including phenoxy) is 2. The molecule has 26 heavy (non-hydrogen) atoms. The summed E-state index contributed by atoms with van der Waals surface area (Å²) in [5.74, 6) is 1.19. The molecule has 0 bridgehead atoms. The summed E-state index contributed by atoms with van der Waals surface area (Å²) in [5.41, 5.74) is 1.07. The van der Waals surface area contributed by atoms with E-state index in [0.717, 1.165) is 43.6 Å². The Morgan fingerprint density at radius 2 is 2.08 bits per heavy atom. The number of hydrogen-bond acceptors (Lipinski definition) is 4. The molecule has 1 aromatic carbocycles. The van der Waals surface area contributed by atoms with Crippen molar-refractivity contribution in [3.8, 4) is 5.75 Å². The smallest absolute Gasteiger partial charge is 0.290 e. The molecule has 1 amide bonds. The average Bonchev–Trinajstić information content (AvgIpc) is 3.38. The molecule has 1 saturated heterocycles. The number of amides is 1. The molecule has 5 heteroatoms. The number of benzene rings is 1. The van der Waals surface area contributed by atoms with Crippen molar-refractivity contribution in [2.45, 2.75) is 50.8 Å². The Balaban J connectivity index is 1.39. The van der Waals surface area contributed by atoms with E-state index in [0.29, 0.717) is 25.0 Å². The molecule has 2 fully saturated rings. The van der Waals surface area contributed by atoms with Crippen LogP contribution in [0.4, 0.5) is 0 Å². The van der Waals surface area contributed by atoms with Crippen molar-refractivity contribution in [2.24, 2.45) is 0 Å². The molecule has 4 rings (SSSR count). The van der Waals surface area contributed by atoms with Crippen LogP contribution < -0.4 is 4.74 Å². The van der Waals surface area contributed by atoms with E-state index in [4.69, 9.17) is 13.9 Å². The third-order valence-corrected chi connectivity index (χ3v) is 4.94. The van der Waals surface area contributed by atoms with Gasteiger partial charge in [-0.15, -0.1) is 0 Å². The van der Waals surface area contributed by atoms with Crippen molar-refractivity contribution < 1.29 is 18.7 Å². The average molecular weight is 355 g/mol. The molecule has 1 aliphatic heterocycles. The third kappa shape index (κ3) is 4.28. The van der Waals surface area contributed by atoms with Crippen LogP contribution in [-0.4, -0.2) is 36.2 Å². The molecule has 1 saturated carbocycles. The molecule has 5 nitrogen and oxygen atoms in total. The zero-order valence-electron chi connectivity index (χ0n) is 14.9. The predicted octanol–water partition coefficient (Wildman–Crippen LogP) is 4.03. The van der Waals surface area contributed by atoms with Gasteiger partial charge in [-0.05, 0) is 61.9 Å². The van der Waals surface area contributed by atoms with Crippen LogP contribution in [0.25, 0.3) is 0 Å². The Bertz CT molecular complexity index is 717. The second kappa shape index (κ2) is 7.96. The summed E-state index contributed by atoms with van der Waals surface area (Å²) in [4.78, 5) is 14.6. The largest absolute Gasteiger partial charge is 0.491 e. The molecule has 1 atom stereocenters. The van der Waals surface area contributed by atoms with Crippen molar-refractivity contribution in [1.29, 1.82) is 0 Å². The Morgan fingerprint density at radius 1 is 1.15 bits per heavy atom. The Morgan fingerprint density at radius 3 is 2.81 bits per heavy atom. The number of carbonyl (C=O) groups excluding carboxylic acids is 1. The zero-order chi connectivity index (χ0) is 17.8. The van der Waals surface area contributed by atoms with E-state index in [9.17, 15) is 4.79 Å². The van der Waals surface area contributed by atoms with Crippen molar-refractivity contribution in [3.63, 3.8) is 0 Å². The van der Waals surface area contributed by atoms with E-state index in [-0.39, 0.29) is 12.0 Å². The third-order valence-electron chi connectivity index (χ3n) is 4.94. The van der Waals surface area contributed by atoms with Gasteiger partial charge in [0, 0.05) is 19.2 Å². The van der Waals surface area contributed by atoms with Crippen LogP contribution in [0.5, 0.6) is 5.75 Å². The Hall–Kier alpha value is -2.27. The lowest BCUT2D eigenvalue weighted by Crippen LogP contribution is -2.32. The molecule has 138 valence electrons. The van der Waals surface area contributed by atoms with Crippen LogP contribution in [0.15, 0.2) is 47.1 Å². The van der Waals surface area contributed by atoms with E-state index < -0.39 is 0 Å². The van der Waals surface area contributed by atoms with Crippen LogP contribution >= 0.6 is 0 Å². The summed E-state index contributed by atoms with van der Waals surface area (Å²) in [6.45, 7) is 1.99. The second-order valence-corrected chi connectivity index (χ2v) is 7.09. The summed E-state index contributed by atoms with van der Waals surface area (Å²) in [6, 6.07) is 11.8. The minimum absolute atomic E-state index is 0.0422. The number of nitrogens with zero attached hydrogens (tertiary/aromatic N) is 1. The number of furan rings is 1. The van der Waals surface area contributed by atoms with Gasteiger partial charge in [-0.25, -0.2) is 0 Å². The molecule has 2 aliphatic rings. The molecule has 1 aliphatic carbocycles. The van der Waals surface area contributed by atoms with Crippen molar-refractivity contribution in [3.05, 3.63) is 54.0 Å². The maximum absolute atomic E-state index is 12.7. The molecule has 0 spiro atoms. The van der Waals surface area contributed by atoms with Crippen molar-refractivity contribution in [2.75, 3.05) is 13.2 Å². The molecule has 2 heterocycles. The quantitative estimate of drug-likeness (QED) is 0.752. The zero-order valence-corrected chi connectivity index (χ0v) is 14.9. The Labute approximate surface area is 153 Å². The molecule has 1 aromatic heterocycles. The van der Waals surface area contributed by atoms with E-state index in [1.807, 2.05) is 29.2 Å². The van der Waals surface area contributed by atoms with Gasteiger partial charge in [0.05, 0.1) is 12.4 Å². The van der Waals surface area contributed by atoms with E-state index >= 15 is 0 Å². The maximum atomic E-state index is 12.7. The van der Waals surface area contributed by atoms with Gasteiger partial charge in [-0.3, -0.25) is 4.79 Å². The first-order chi connectivity index (χ1) is 12.8. The highest BCUT2D eigenvalue weighted by molar-refractivity contribution is 5.91. The summed E-state index contributed by atoms with van der Waals surface area (Å²) in [6.07, 6.45) is 7.26. The molecular formula is C21H25NO4. The van der Waals surface area contributed by atoms with Gasteiger partial charge in [0.2, 0.25) is 0 Å². The van der Waals surface area contributed by atoms with Crippen molar-refractivity contribution in [1.82, 2.24) is 4.90 Å². The monoisotopic (exact) mass is 355 g/mol. The number of hydrogen-bond donors (Lipinski definition) is 0. The van der Waals surface area contributed by atoms with Gasteiger partial charge >= 0.3 is 0 Å². The van der Waals surface area contributed by atoms with Gasteiger partial charge in [-0.2, -0.15) is 0 Å². The minimum Gasteiger partial charge on any atom is -0.491 e. The molecular weight excluding hydrogens is 330 g/mol. The normalized spacial score (nSPS) is 19.9. The number of rotatable bonds is 7. The SMILES string of the molecule is O=C(c1ccco1)N(Cc1cccc(OCC2CCCCO2)c1)C1CC1. The maximum Gasteiger partial charge on any atom is 0.290 e. The van der Waals surface area contributed by atoms with Gasteiger partial charge in [-0.1, -0.05) is 12.1 Å². The Kier molecular flexibility index (Phi) is 5.25. The van der Waals surface area contributed by atoms with Crippen LogP contribution in [0.1, 0.15) is 48.2 Å². The fourth-order valence-corrected chi connectivity index (χ4v) is 3.35. The van der Waals surface area contributed by atoms with E-state index in [2.05, 4.69) is 0 Å². The fraction of sp³-hybridized carbons (Fsp3) is 0.476. The van der Waals surface area contributed by atoms with E-state index in [1.54, 1.807) is 18.4 Å². The van der Waals surface area contributed by atoms with Gasteiger partial charge in [0.1, 0.15) is 12.4 Å². The molecule has 1 unspecified atom stereocenters. The summed E-state index contributed by atoms with van der Waals surface area (Å²) in [5, 5.41) is 0. The lowest BCUT2D eigenvalue weighted by Gasteiger charge is -2.23. The van der Waals surface area contributed by atoms with Gasteiger partial charge in [0.15, 0.2) is 5.76 Å². The highest BCUT2D eigenvalue weighted by Crippen LogP contribution is 2.30. The second-order valence-electron chi connectivity index (χ2n) is 7.09. The van der Waals surface area contributed by atoms with Crippen LogP contribution in [0, 0.1) is 0 Å². The first kappa shape index (κ1) is 17.2. The fourth-order valence-electron chi connectivity index (χ4n) is 3.35. The minimum atomic E-state index is -0.0422. The molecule has 0 radical (unpaired) electrons. The highest BCUT2D eigenvalue weighted by atomic mass is 16.5. The molecule has 0 N–H and O–H groups in total. The van der Waals surface area contributed by atoms with Crippen LogP contribution in [-0.2, 0) is 11.3 Å². The summed E-state index contributed by atoms with van der Waals surface area (Å²) >= 11 is 0. The first-order valence-corrected chi connectivity index (χ1v) is 9.47. The highest BCUT2D eigenvalue weighted by Gasteiger charge is 2.34. The lowest BCUT2D eigenvalue weighted by molar-refractivity contribution is -0.0110. The van der Waals surface area contributed by atoms with Crippen LogP contribution in [0.2, 0.25) is 0 Å². The van der Waals surface area contributed by atoms with Crippen molar-refractivity contribution >= 4 is 5.91 Å². The first-order valence-electron chi connectivity index (χ1n) is 9.47. The molecule has 2 aromatic rings. The van der Waals surface area contributed by atoms with Gasteiger partial charge in [0.25, 0.3) is 5.91 Å². The van der Waals surface area contributed by atoms with E-state index in [1.165, 1.54) is 6.42 Å². The van der Waals surface area contributed by atoms with Crippen LogP contribution in [0.3, 0.4) is 0 Å². The topological polar surface area (TPSA) is 51.9 Å². The number of carbonyl (C=O) groups is 1. The lowest BCUT2D eigenvalue weighted by atomic mass is 10.1. The summed E-state index contributed by atoms with van der Waals surface area (Å²) < 4.78 is 16.9. The standard InChI is InChI=1S/C21H25NO4/c23-21(20-8-4-12-25-20)22(17-9-10-17)14-16-5-3-7-18(13-16)26-15-19-6-1-2-11-24-19/h3-5,7-8,12-13,17,19H,1-2,6,9-11,14-15H2. The summed E-state index contributed by atoms with van der Waals surface area (Å²) in [7, 11) is 0.